The molecule has 0 aliphatic heterocycles. The molecule has 1 aromatic heterocycles. The minimum atomic E-state index is 0.0155. The van der Waals surface area contributed by atoms with Crippen molar-refractivity contribution >= 4 is 27.5 Å². The van der Waals surface area contributed by atoms with Crippen LogP contribution in [-0.4, -0.2) is 36.4 Å². The molecule has 1 amide bonds. The molecule has 0 aliphatic carbocycles. The number of rotatable bonds is 5. The van der Waals surface area contributed by atoms with Crippen LogP contribution in [0.15, 0.2) is 24.3 Å². The summed E-state index contributed by atoms with van der Waals surface area (Å²) in [7, 11) is 3.69. The van der Waals surface area contributed by atoms with Gasteiger partial charge in [-0.3, -0.25) is 4.79 Å². The molecule has 1 N–H and O–H groups in total. The molecule has 1 aromatic carbocycles. The van der Waals surface area contributed by atoms with Crippen LogP contribution in [-0.2, 0) is 4.79 Å². The van der Waals surface area contributed by atoms with Crippen molar-refractivity contribution in [2.45, 2.75) is 19.4 Å². The number of nitrogens with one attached hydrogen (secondary N) is 1. The predicted molar refractivity (Wildman–Crippen MR) is 79.3 cm³/mol. The monoisotopic (exact) mass is 277 g/mol. The lowest BCUT2D eigenvalue weighted by atomic mass is 10.2. The van der Waals surface area contributed by atoms with E-state index in [-0.39, 0.29) is 11.9 Å². The maximum atomic E-state index is 12.0. The summed E-state index contributed by atoms with van der Waals surface area (Å²) in [6.45, 7) is 2.73. The number of fused-ring (bicyclic) bond motifs is 1. The van der Waals surface area contributed by atoms with E-state index in [1.54, 1.807) is 16.2 Å². The first-order valence-electron chi connectivity index (χ1n) is 6.39. The van der Waals surface area contributed by atoms with E-state index in [4.69, 9.17) is 0 Å². The summed E-state index contributed by atoms with van der Waals surface area (Å²) in [6, 6.07) is 8.08. The molecule has 0 bridgehead atoms. The van der Waals surface area contributed by atoms with Gasteiger partial charge in [-0.1, -0.05) is 12.1 Å². The molecule has 0 spiro atoms. The SMILES string of the molecule is CNCCC(=O)N(C)C(C)c1nc2ccccc2s1. The Morgan fingerprint density at radius 3 is 2.89 bits per heavy atom. The Morgan fingerprint density at radius 1 is 1.47 bits per heavy atom. The summed E-state index contributed by atoms with van der Waals surface area (Å²) in [5.41, 5.74) is 1.01. The smallest absolute Gasteiger partial charge is 0.224 e. The number of nitrogens with zero attached hydrogens (tertiary/aromatic N) is 2. The fourth-order valence-corrected chi connectivity index (χ4v) is 2.92. The molecule has 1 unspecified atom stereocenters. The highest BCUT2D eigenvalue weighted by Gasteiger charge is 2.19. The molecule has 102 valence electrons. The molecule has 0 saturated carbocycles. The van der Waals surface area contributed by atoms with Crippen molar-refractivity contribution in [3.8, 4) is 0 Å². The van der Waals surface area contributed by atoms with Crippen molar-refractivity contribution in [3.63, 3.8) is 0 Å². The second kappa shape index (κ2) is 6.12. The van der Waals surface area contributed by atoms with E-state index in [2.05, 4.69) is 16.4 Å². The molecular weight excluding hydrogens is 258 g/mol. The summed E-state index contributed by atoms with van der Waals surface area (Å²) in [5.74, 6) is 0.140. The van der Waals surface area contributed by atoms with E-state index in [1.165, 1.54) is 4.70 Å². The molecule has 4 nitrogen and oxygen atoms in total. The van der Waals surface area contributed by atoms with Gasteiger partial charge in [-0.2, -0.15) is 0 Å². The number of para-hydroxylation sites is 1. The van der Waals surface area contributed by atoms with Crippen LogP contribution < -0.4 is 5.32 Å². The lowest BCUT2D eigenvalue weighted by Crippen LogP contribution is -2.31. The molecule has 1 heterocycles. The molecule has 2 aromatic rings. The highest BCUT2D eigenvalue weighted by atomic mass is 32.1. The van der Waals surface area contributed by atoms with Crippen molar-refractivity contribution in [1.82, 2.24) is 15.2 Å². The second-order valence-electron chi connectivity index (χ2n) is 4.55. The van der Waals surface area contributed by atoms with Gasteiger partial charge >= 0.3 is 0 Å². The van der Waals surface area contributed by atoms with Gasteiger partial charge in [0, 0.05) is 20.0 Å². The number of hydrogen-bond acceptors (Lipinski definition) is 4. The molecular formula is C14H19N3OS. The number of benzene rings is 1. The third-order valence-corrected chi connectivity index (χ3v) is 4.44. The zero-order valence-electron chi connectivity index (χ0n) is 11.5. The van der Waals surface area contributed by atoms with E-state index in [0.29, 0.717) is 13.0 Å². The quantitative estimate of drug-likeness (QED) is 0.913. The van der Waals surface area contributed by atoms with Gasteiger partial charge < -0.3 is 10.2 Å². The molecule has 2 rings (SSSR count). The first-order valence-corrected chi connectivity index (χ1v) is 7.21. The maximum Gasteiger partial charge on any atom is 0.224 e. The Balaban J connectivity index is 2.14. The van der Waals surface area contributed by atoms with Crippen LogP contribution in [0.25, 0.3) is 10.2 Å². The maximum absolute atomic E-state index is 12.0. The van der Waals surface area contributed by atoms with Gasteiger partial charge in [0.15, 0.2) is 0 Å². The summed E-state index contributed by atoms with van der Waals surface area (Å²) in [5, 5.41) is 3.98. The number of aromatic nitrogens is 1. The molecule has 19 heavy (non-hydrogen) atoms. The number of carbonyl (C=O) groups excluding carboxylic acids is 1. The molecule has 0 fully saturated rings. The first-order chi connectivity index (χ1) is 9.13. The first kappa shape index (κ1) is 14.0. The van der Waals surface area contributed by atoms with Gasteiger partial charge in [-0.25, -0.2) is 4.98 Å². The Morgan fingerprint density at radius 2 is 2.21 bits per heavy atom. The lowest BCUT2D eigenvalue weighted by molar-refractivity contribution is -0.131. The number of carbonyl (C=O) groups is 1. The van der Waals surface area contributed by atoms with Crippen LogP contribution in [0.1, 0.15) is 24.4 Å². The molecule has 0 aliphatic rings. The van der Waals surface area contributed by atoms with Crippen LogP contribution >= 0.6 is 11.3 Å². The summed E-state index contributed by atoms with van der Waals surface area (Å²) < 4.78 is 1.17. The van der Waals surface area contributed by atoms with Crippen molar-refractivity contribution < 1.29 is 4.79 Å². The molecule has 0 radical (unpaired) electrons. The number of thiazole rings is 1. The summed E-state index contributed by atoms with van der Waals surface area (Å²) >= 11 is 1.65. The zero-order chi connectivity index (χ0) is 13.8. The van der Waals surface area contributed by atoms with Crippen molar-refractivity contribution in [2.75, 3.05) is 20.6 Å². The number of amides is 1. The van der Waals surface area contributed by atoms with E-state index in [1.807, 2.05) is 39.2 Å². The summed E-state index contributed by atoms with van der Waals surface area (Å²) in [4.78, 5) is 18.4. The normalized spacial score (nSPS) is 12.6. The van der Waals surface area contributed by atoms with Crippen molar-refractivity contribution in [1.29, 1.82) is 0 Å². The van der Waals surface area contributed by atoms with Gasteiger partial charge in [0.2, 0.25) is 5.91 Å². The van der Waals surface area contributed by atoms with E-state index < -0.39 is 0 Å². The van der Waals surface area contributed by atoms with Gasteiger partial charge in [0.05, 0.1) is 16.3 Å². The van der Waals surface area contributed by atoms with E-state index >= 15 is 0 Å². The predicted octanol–water partition coefficient (Wildman–Crippen LogP) is 2.43. The highest BCUT2D eigenvalue weighted by molar-refractivity contribution is 7.18. The second-order valence-corrected chi connectivity index (χ2v) is 5.62. The van der Waals surface area contributed by atoms with E-state index in [9.17, 15) is 4.79 Å². The Labute approximate surface area is 117 Å². The Hall–Kier alpha value is -1.46. The lowest BCUT2D eigenvalue weighted by Gasteiger charge is -2.23. The molecule has 5 heteroatoms. The summed E-state index contributed by atoms with van der Waals surface area (Å²) in [6.07, 6.45) is 0.516. The fourth-order valence-electron chi connectivity index (χ4n) is 1.86. The highest BCUT2D eigenvalue weighted by Crippen LogP contribution is 2.28. The number of hydrogen-bond donors (Lipinski definition) is 1. The van der Waals surface area contributed by atoms with Crippen LogP contribution in [0.3, 0.4) is 0 Å². The third kappa shape index (κ3) is 3.11. The zero-order valence-corrected chi connectivity index (χ0v) is 12.3. The Kier molecular flexibility index (Phi) is 4.50. The van der Waals surface area contributed by atoms with Crippen molar-refractivity contribution in [3.05, 3.63) is 29.3 Å². The van der Waals surface area contributed by atoms with Gasteiger partial charge in [-0.15, -0.1) is 11.3 Å². The average Bonchev–Trinajstić information content (AvgIpc) is 2.86. The van der Waals surface area contributed by atoms with Crippen LogP contribution in [0, 0.1) is 0 Å². The van der Waals surface area contributed by atoms with E-state index in [0.717, 1.165) is 10.5 Å². The minimum Gasteiger partial charge on any atom is -0.337 e. The third-order valence-electron chi connectivity index (χ3n) is 3.23. The van der Waals surface area contributed by atoms with Crippen LogP contribution in [0.5, 0.6) is 0 Å². The average molecular weight is 277 g/mol. The standard InChI is InChI=1S/C14H19N3OS/c1-10(17(3)13(18)8-9-15-2)14-16-11-6-4-5-7-12(11)19-14/h4-7,10,15H,8-9H2,1-3H3. The van der Waals surface area contributed by atoms with Crippen molar-refractivity contribution in [2.24, 2.45) is 0 Å². The molecule has 1 atom stereocenters. The van der Waals surface area contributed by atoms with Gasteiger partial charge in [-0.05, 0) is 26.1 Å². The fraction of sp³-hybridized carbons (Fsp3) is 0.429. The largest absolute Gasteiger partial charge is 0.337 e. The minimum absolute atomic E-state index is 0.0155. The Bertz CT molecular complexity index is 534. The van der Waals surface area contributed by atoms with Crippen LogP contribution in [0.2, 0.25) is 0 Å². The molecule has 0 saturated heterocycles. The van der Waals surface area contributed by atoms with Gasteiger partial charge in [0.1, 0.15) is 5.01 Å². The van der Waals surface area contributed by atoms with Crippen LogP contribution in [0.4, 0.5) is 0 Å². The topological polar surface area (TPSA) is 45.2 Å². The van der Waals surface area contributed by atoms with Gasteiger partial charge in [0.25, 0.3) is 0 Å².